The van der Waals surface area contributed by atoms with Crippen LogP contribution < -0.4 is 0 Å². The Morgan fingerprint density at radius 2 is 2.00 bits per heavy atom. The molecule has 1 unspecified atom stereocenters. The van der Waals surface area contributed by atoms with Gasteiger partial charge in [-0.1, -0.05) is 18.2 Å². The van der Waals surface area contributed by atoms with Crippen molar-refractivity contribution in [2.45, 2.75) is 38.1 Å². The molecule has 1 atom stereocenters. The summed E-state index contributed by atoms with van der Waals surface area (Å²) in [5.74, 6) is 0.625. The standard InChI is InChI=1S/C19H22N2O3S/c1-2-21(14-9-10-25(23,24)12-14)19(22)16-11-18(13-7-8-13)20-17-6-4-3-5-15(16)17/h3-6,11,13-14H,2,7-10,12H2,1H3. The molecule has 1 aliphatic heterocycles. The van der Waals surface area contributed by atoms with Crippen LogP contribution in [0, 0.1) is 0 Å². The van der Waals surface area contributed by atoms with E-state index in [2.05, 4.69) is 0 Å². The number of sulfone groups is 1. The molecule has 2 heterocycles. The molecular weight excluding hydrogens is 336 g/mol. The number of aromatic nitrogens is 1. The van der Waals surface area contributed by atoms with Crippen LogP contribution >= 0.6 is 0 Å². The van der Waals surface area contributed by atoms with Crippen molar-refractivity contribution in [2.24, 2.45) is 0 Å². The fourth-order valence-electron chi connectivity index (χ4n) is 3.70. The molecule has 1 aromatic heterocycles. The molecule has 4 rings (SSSR count). The van der Waals surface area contributed by atoms with Gasteiger partial charge >= 0.3 is 0 Å². The molecule has 25 heavy (non-hydrogen) atoms. The number of amides is 1. The summed E-state index contributed by atoms with van der Waals surface area (Å²) in [4.78, 5) is 19.7. The molecule has 1 aliphatic carbocycles. The van der Waals surface area contributed by atoms with Gasteiger partial charge in [-0.05, 0) is 38.3 Å². The quantitative estimate of drug-likeness (QED) is 0.843. The van der Waals surface area contributed by atoms with Gasteiger partial charge in [0.15, 0.2) is 9.84 Å². The van der Waals surface area contributed by atoms with E-state index < -0.39 is 9.84 Å². The lowest BCUT2D eigenvalue weighted by atomic mass is 10.0. The number of para-hydroxylation sites is 1. The number of carbonyl (C=O) groups excluding carboxylic acids is 1. The average molecular weight is 358 g/mol. The highest BCUT2D eigenvalue weighted by Crippen LogP contribution is 2.40. The maximum atomic E-state index is 13.3. The van der Waals surface area contributed by atoms with Crippen LogP contribution in [0.5, 0.6) is 0 Å². The lowest BCUT2D eigenvalue weighted by Crippen LogP contribution is -2.41. The van der Waals surface area contributed by atoms with E-state index in [0.29, 0.717) is 24.4 Å². The van der Waals surface area contributed by atoms with Crippen LogP contribution in [0.4, 0.5) is 0 Å². The van der Waals surface area contributed by atoms with Gasteiger partial charge in [0.1, 0.15) is 0 Å². The van der Waals surface area contributed by atoms with E-state index in [0.717, 1.165) is 29.4 Å². The number of benzene rings is 1. The van der Waals surface area contributed by atoms with Crippen molar-refractivity contribution >= 4 is 26.6 Å². The van der Waals surface area contributed by atoms with E-state index in [1.165, 1.54) is 0 Å². The second-order valence-electron chi connectivity index (χ2n) is 7.03. The number of pyridine rings is 1. The van der Waals surface area contributed by atoms with Gasteiger partial charge in [-0.15, -0.1) is 0 Å². The SMILES string of the molecule is CCN(C(=O)c1cc(C2CC2)nc2ccccc12)C1CCS(=O)(=O)C1. The minimum absolute atomic E-state index is 0.0745. The molecule has 2 aliphatic rings. The number of hydrogen-bond acceptors (Lipinski definition) is 4. The van der Waals surface area contributed by atoms with Crippen LogP contribution in [0.2, 0.25) is 0 Å². The van der Waals surface area contributed by atoms with Crippen molar-refractivity contribution < 1.29 is 13.2 Å². The van der Waals surface area contributed by atoms with Crippen molar-refractivity contribution in [2.75, 3.05) is 18.1 Å². The van der Waals surface area contributed by atoms with Crippen molar-refractivity contribution in [1.29, 1.82) is 0 Å². The van der Waals surface area contributed by atoms with Crippen LogP contribution in [0.15, 0.2) is 30.3 Å². The Morgan fingerprint density at radius 3 is 2.64 bits per heavy atom. The summed E-state index contributed by atoms with van der Waals surface area (Å²) >= 11 is 0. The summed E-state index contributed by atoms with van der Waals surface area (Å²) in [6.07, 6.45) is 2.77. The van der Waals surface area contributed by atoms with Gasteiger partial charge in [-0.25, -0.2) is 8.42 Å². The number of nitrogens with zero attached hydrogens (tertiary/aromatic N) is 2. The zero-order valence-corrected chi connectivity index (χ0v) is 15.1. The second kappa shape index (κ2) is 6.09. The maximum Gasteiger partial charge on any atom is 0.254 e. The van der Waals surface area contributed by atoms with Gasteiger partial charge in [0.25, 0.3) is 5.91 Å². The van der Waals surface area contributed by atoms with E-state index in [4.69, 9.17) is 4.98 Å². The smallest absolute Gasteiger partial charge is 0.254 e. The van der Waals surface area contributed by atoms with Gasteiger partial charge in [-0.2, -0.15) is 0 Å². The third-order valence-corrected chi connectivity index (χ3v) is 6.96. The molecule has 5 nitrogen and oxygen atoms in total. The molecule has 0 N–H and O–H groups in total. The van der Waals surface area contributed by atoms with Crippen LogP contribution in [-0.4, -0.2) is 48.3 Å². The fraction of sp³-hybridized carbons (Fsp3) is 0.474. The Morgan fingerprint density at radius 1 is 1.24 bits per heavy atom. The van der Waals surface area contributed by atoms with E-state index >= 15 is 0 Å². The summed E-state index contributed by atoms with van der Waals surface area (Å²) in [7, 11) is -3.03. The topological polar surface area (TPSA) is 67.3 Å². The molecule has 0 bridgehead atoms. The normalized spacial score (nSPS) is 22.2. The van der Waals surface area contributed by atoms with Gasteiger partial charge in [-0.3, -0.25) is 9.78 Å². The van der Waals surface area contributed by atoms with Gasteiger partial charge < -0.3 is 4.90 Å². The molecule has 132 valence electrons. The first-order valence-electron chi connectivity index (χ1n) is 8.89. The second-order valence-corrected chi connectivity index (χ2v) is 9.26. The number of fused-ring (bicyclic) bond motifs is 1. The highest BCUT2D eigenvalue weighted by Gasteiger charge is 2.35. The van der Waals surface area contributed by atoms with E-state index in [1.54, 1.807) is 4.90 Å². The largest absolute Gasteiger partial charge is 0.335 e. The summed E-state index contributed by atoms with van der Waals surface area (Å²) in [5.41, 5.74) is 2.47. The Hall–Kier alpha value is -1.95. The van der Waals surface area contributed by atoms with Gasteiger partial charge in [0, 0.05) is 29.6 Å². The first kappa shape index (κ1) is 16.5. The predicted molar refractivity (Wildman–Crippen MR) is 97.5 cm³/mol. The molecular formula is C19H22N2O3S. The summed E-state index contributed by atoms with van der Waals surface area (Å²) in [6, 6.07) is 9.41. The maximum absolute atomic E-state index is 13.3. The van der Waals surface area contributed by atoms with Crippen LogP contribution in [0.3, 0.4) is 0 Å². The Bertz CT molecular complexity index is 935. The minimum Gasteiger partial charge on any atom is -0.335 e. The Balaban J connectivity index is 1.75. The van der Waals surface area contributed by atoms with E-state index in [-0.39, 0.29) is 23.5 Å². The van der Waals surface area contributed by atoms with Crippen LogP contribution in [0.25, 0.3) is 10.9 Å². The fourth-order valence-corrected chi connectivity index (χ4v) is 5.44. The van der Waals surface area contributed by atoms with Crippen LogP contribution in [-0.2, 0) is 9.84 Å². The summed E-state index contributed by atoms with van der Waals surface area (Å²) in [5, 5.41) is 0.844. The van der Waals surface area contributed by atoms with Gasteiger partial charge in [0.2, 0.25) is 0 Å². The average Bonchev–Trinajstić information content (AvgIpc) is 3.38. The third-order valence-electron chi connectivity index (χ3n) is 5.21. The zero-order chi connectivity index (χ0) is 17.6. The minimum atomic E-state index is -3.03. The highest BCUT2D eigenvalue weighted by molar-refractivity contribution is 7.91. The molecule has 1 saturated carbocycles. The number of rotatable bonds is 4. The Kier molecular flexibility index (Phi) is 4.02. The molecule has 2 aromatic rings. The summed E-state index contributed by atoms with van der Waals surface area (Å²) < 4.78 is 23.7. The van der Waals surface area contributed by atoms with Crippen LogP contribution in [0.1, 0.15) is 48.2 Å². The molecule has 1 amide bonds. The van der Waals surface area contributed by atoms with E-state index in [9.17, 15) is 13.2 Å². The lowest BCUT2D eigenvalue weighted by Gasteiger charge is -2.27. The first-order chi connectivity index (χ1) is 12.0. The van der Waals surface area contributed by atoms with Gasteiger partial charge in [0.05, 0.1) is 22.6 Å². The zero-order valence-electron chi connectivity index (χ0n) is 14.3. The number of carbonyl (C=O) groups is 1. The molecule has 1 saturated heterocycles. The third kappa shape index (κ3) is 3.15. The van der Waals surface area contributed by atoms with Crippen molar-refractivity contribution in [3.05, 3.63) is 41.6 Å². The molecule has 0 radical (unpaired) electrons. The highest BCUT2D eigenvalue weighted by atomic mass is 32.2. The Labute approximate surface area is 148 Å². The monoisotopic (exact) mass is 358 g/mol. The lowest BCUT2D eigenvalue weighted by molar-refractivity contribution is 0.0710. The predicted octanol–water partition coefficient (Wildman–Crippen LogP) is 2.76. The van der Waals surface area contributed by atoms with Crippen molar-refractivity contribution in [1.82, 2.24) is 9.88 Å². The summed E-state index contributed by atoms with van der Waals surface area (Å²) in [6.45, 7) is 2.42. The first-order valence-corrected chi connectivity index (χ1v) is 10.7. The molecule has 2 fully saturated rings. The number of hydrogen-bond donors (Lipinski definition) is 0. The van der Waals surface area contributed by atoms with E-state index in [1.807, 2.05) is 37.3 Å². The molecule has 1 aromatic carbocycles. The molecule has 0 spiro atoms. The van der Waals surface area contributed by atoms with Crippen molar-refractivity contribution in [3.63, 3.8) is 0 Å². The van der Waals surface area contributed by atoms with Crippen molar-refractivity contribution in [3.8, 4) is 0 Å². The molecule has 6 heteroatoms.